The molecule has 0 spiro atoms. The molecule has 0 bridgehead atoms. The van der Waals surface area contributed by atoms with Gasteiger partial charge in [-0.2, -0.15) is 9.30 Å². The number of esters is 1. The fraction of sp³-hybridized carbons (Fsp3) is 0.375. The number of nitro groups is 1. The third kappa shape index (κ3) is 6.48. The number of sulfonamides is 1. The Bertz CT molecular complexity index is 1470. The lowest BCUT2D eigenvalue weighted by Gasteiger charge is -2.20. The Hall–Kier alpha value is -3.42. The smallest absolute Gasteiger partial charge is 0.326 e. The number of benzene rings is 2. The van der Waals surface area contributed by atoms with Crippen LogP contribution in [0.1, 0.15) is 44.0 Å². The van der Waals surface area contributed by atoms with Gasteiger partial charge in [0.05, 0.1) is 26.6 Å². The van der Waals surface area contributed by atoms with E-state index in [9.17, 15) is 28.1 Å². The molecule has 0 N–H and O–H groups in total. The summed E-state index contributed by atoms with van der Waals surface area (Å²) in [5.74, 6) is -1.20. The van der Waals surface area contributed by atoms with Gasteiger partial charge in [0.1, 0.15) is 6.54 Å². The summed E-state index contributed by atoms with van der Waals surface area (Å²) < 4.78 is 34.2. The van der Waals surface area contributed by atoms with Crippen molar-refractivity contribution in [3.05, 3.63) is 62.9 Å². The Morgan fingerprint density at radius 1 is 1.14 bits per heavy atom. The van der Waals surface area contributed by atoms with E-state index in [-0.39, 0.29) is 34.1 Å². The first kappa shape index (κ1) is 28.2. The van der Waals surface area contributed by atoms with E-state index in [1.165, 1.54) is 51.3 Å². The van der Waals surface area contributed by atoms with Crippen LogP contribution in [0.2, 0.25) is 0 Å². The molecule has 0 aliphatic carbocycles. The lowest BCUT2D eigenvalue weighted by atomic mass is 10.2. The van der Waals surface area contributed by atoms with Crippen LogP contribution in [0.4, 0.5) is 5.69 Å². The summed E-state index contributed by atoms with van der Waals surface area (Å²) >= 11 is 1.02. The molecule has 11 nitrogen and oxygen atoms in total. The van der Waals surface area contributed by atoms with Gasteiger partial charge in [0, 0.05) is 30.8 Å². The summed E-state index contributed by atoms with van der Waals surface area (Å²) in [5.41, 5.74) is 0.511. The lowest BCUT2D eigenvalue weighted by Crippen LogP contribution is -2.31. The number of amides is 1. The molecule has 1 amide bonds. The van der Waals surface area contributed by atoms with Crippen molar-refractivity contribution in [2.75, 3.05) is 19.7 Å². The molecule has 0 aliphatic rings. The molecule has 2 aromatic carbocycles. The van der Waals surface area contributed by atoms with Crippen molar-refractivity contribution in [3.63, 3.8) is 0 Å². The van der Waals surface area contributed by atoms with Crippen molar-refractivity contribution in [1.29, 1.82) is 0 Å². The molecule has 1 aromatic heterocycles. The number of carbonyl (C=O) groups is 2. The molecule has 0 aliphatic heterocycles. The second kappa shape index (κ2) is 12.2. The lowest BCUT2D eigenvalue weighted by molar-refractivity contribution is -0.384. The van der Waals surface area contributed by atoms with Crippen molar-refractivity contribution < 1.29 is 27.7 Å². The van der Waals surface area contributed by atoms with E-state index in [2.05, 4.69) is 4.99 Å². The van der Waals surface area contributed by atoms with Crippen molar-refractivity contribution in [1.82, 2.24) is 8.87 Å². The number of thiazole rings is 1. The highest BCUT2D eigenvalue weighted by Crippen LogP contribution is 2.24. The zero-order valence-electron chi connectivity index (χ0n) is 20.7. The van der Waals surface area contributed by atoms with Gasteiger partial charge < -0.3 is 9.30 Å². The summed E-state index contributed by atoms with van der Waals surface area (Å²) in [5, 5.41) is 11.2. The number of unbranched alkanes of at least 4 members (excludes halogenated alkanes) is 1. The van der Waals surface area contributed by atoms with E-state index < -0.39 is 26.8 Å². The Morgan fingerprint density at radius 3 is 2.43 bits per heavy atom. The van der Waals surface area contributed by atoms with Crippen LogP contribution in [0.3, 0.4) is 0 Å². The Labute approximate surface area is 218 Å². The van der Waals surface area contributed by atoms with E-state index in [0.29, 0.717) is 23.3 Å². The summed E-state index contributed by atoms with van der Waals surface area (Å²) in [6.45, 7) is 6.10. The van der Waals surface area contributed by atoms with Gasteiger partial charge in [0.15, 0.2) is 4.80 Å². The maximum Gasteiger partial charge on any atom is 0.326 e. The van der Waals surface area contributed by atoms with E-state index in [1.807, 2.05) is 6.92 Å². The molecule has 0 fully saturated rings. The number of carbonyl (C=O) groups excluding carboxylic acids is 2. The second-order valence-electron chi connectivity index (χ2n) is 7.98. The summed E-state index contributed by atoms with van der Waals surface area (Å²) in [6, 6.07) is 9.66. The van der Waals surface area contributed by atoms with Gasteiger partial charge in [-0.05, 0) is 43.7 Å². The Balaban J connectivity index is 1.99. The summed E-state index contributed by atoms with van der Waals surface area (Å²) in [7, 11) is -3.70. The Kier molecular flexibility index (Phi) is 9.29. The largest absolute Gasteiger partial charge is 0.465 e. The van der Waals surface area contributed by atoms with Gasteiger partial charge in [-0.1, -0.05) is 31.6 Å². The number of nitrogens with zero attached hydrogens (tertiary/aromatic N) is 4. The first-order valence-corrected chi connectivity index (χ1v) is 14.0. The van der Waals surface area contributed by atoms with Gasteiger partial charge in [-0.25, -0.2) is 8.42 Å². The molecular weight excluding hydrogens is 520 g/mol. The molecule has 0 radical (unpaired) electrons. The minimum atomic E-state index is -3.70. The van der Waals surface area contributed by atoms with Gasteiger partial charge >= 0.3 is 5.97 Å². The van der Waals surface area contributed by atoms with Crippen molar-refractivity contribution >= 4 is 49.1 Å². The standard InChI is InChI=1S/C24H28N4O7S2/c1-4-7-14-26(5-2)37(33,34)19-11-8-17(9-12-19)23(30)25-24-27(16-22(29)35-6-3)20-13-10-18(28(31)32)15-21(20)36-24/h8-13,15H,4-7,14,16H2,1-3H3. The third-order valence-corrected chi connectivity index (χ3v) is 8.55. The molecule has 3 rings (SSSR count). The minimum absolute atomic E-state index is 0.0774. The van der Waals surface area contributed by atoms with Crippen LogP contribution < -0.4 is 4.80 Å². The molecule has 37 heavy (non-hydrogen) atoms. The number of non-ortho nitro benzene ring substituents is 1. The molecule has 198 valence electrons. The van der Waals surface area contributed by atoms with Crippen LogP contribution in [0, 0.1) is 10.1 Å². The van der Waals surface area contributed by atoms with Crippen molar-refractivity contribution in [2.45, 2.75) is 45.1 Å². The minimum Gasteiger partial charge on any atom is -0.465 e. The highest BCUT2D eigenvalue weighted by molar-refractivity contribution is 7.89. The number of hydrogen-bond acceptors (Lipinski definition) is 8. The molecule has 3 aromatic rings. The van der Waals surface area contributed by atoms with E-state index in [4.69, 9.17) is 4.74 Å². The summed E-state index contributed by atoms with van der Waals surface area (Å²) in [4.78, 5) is 40.2. The van der Waals surface area contributed by atoms with Gasteiger partial charge in [0.2, 0.25) is 10.0 Å². The number of nitro benzene ring substituents is 1. The normalized spacial score (nSPS) is 12.3. The third-order valence-electron chi connectivity index (χ3n) is 5.52. The van der Waals surface area contributed by atoms with Crippen LogP contribution in [0.5, 0.6) is 0 Å². The van der Waals surface area contributed by atoms with Crippen LogP contribution >= 0.6 is 11.3 Å². The first-order chi connectivity index (χ1) is 17.6. The maximum absolute atomic E-state index is 13.0. The summed E-state index contributed by atoms with van der Waals surface area (Å²) in [6.07, 6.45) is 1.61. The van der Waals surface area contributed by atoms with Gasteiger partial charge in [0.25, 0.3) is 11.6 Å². The van der Waals surface area contributed by atoms with Crippen LogP contribution in [0.15, 0.2) is 52.4 Å². The van der Waals surface area contributed by atoms with Crippen LogP contribution in [-0.2, 0) is 26.1 Å². The molecule has 0 saturated heterocycles. The Morgan fingerprint density at radius 2 is 1.84 bits per heavy atom. The van der Waals surface area contributed by atoms with Crippen LogP contribution in [-0.4, -0.2) is 53.8 Å². The van der Waals surface area contributed by atoms with Gasteiger partial charge in [-0.15, -0.1) is 0 Å². The molecule has 0 atom stereocenters. The number of hydrogen-bond donors (Lipinski definition) is 0. The van der Waals surface area contributed by atoms with E-state index in [1.54, 1.807) is 13.8 Å². The molecule has 0 saturated carbocycles. The number of fused-ring (bicyclic) bond motifs is 1. The van der Waals surface area contributed by atoms with Crippen molar-refractivity contribution in [2.24, 2.45) is 4.99 Å². The number of aromatic nitrogens is 1. The van der Waals surface area contributed by atoms with Gasteiger partial charge in [-0.3, -0.25) is 19.7 Å². The van der Waals surface area contributed by atoms with Crippen molar-refractivity contribution in [3.8, 4) is 0 Å². The number of ether oxygens (including phenoxy) is 1. The highest BCUT2D eigenvalue weighted by Gasteiger charge is 2.23. The molecule has 0 unspecified atom stereocenters. The molecule has 1 heterocycles. The monoisotopic (exact) mass is 548 g/mol. The maximum atomic E-state index is 13.0. The number of rotatable bonds is 11. The van der Waals surface area contributed by atoms with Crippen LogP contribution in [0.25, 0.3) is 10.2 Å². The predicted molar refractivity (Wildman–Crippen MR) is 139 cm³/mol. The van der Waals surface area contributed by atoms with E-state index >= 15 is 0 Å². The fourth-order valence-electron chi connectivity index (χ4n) is 3.60. The first-order valence-electron chi connectivity index (χ1n) is 11.7. The highest BCUT2D eigenvalue weighted by atomic mass is 32.2. The van der Waals surface area contributed by atoms with E-state index in [0.717, 1.165) is 24.2 Å². The average molecular weight is 549 g/mol. The second-order valence-corrected chi connectivity index (χ2v) is 10.9. The SMILES string of the molecule is CCCCN(CC)S(=O)(=O)c1ccc(C(=O)N=c2sc3cc([N+](=O)[O-])ccc3n2CC(=O)OCC)cc1. The predicted octanol–water partition coefficient (Wildman–Crippen LogP) is 3.73. The fourth-order valence-corrected chi connectivity index (χ4v) is 6.15. The molecule has 13 heteroatoms. The average Bonchev–Trinajstić information content (AvgIpc) is 3.20. The quantitative estimate of drug-likeness (QED) is 0.202. The zero-order chi connectivity index (χ0) is 27.2. The zero-order valence-corrected chi connectivity index (χ0v) is 22.4. The topological polar surface area (TPSA) is 141 Å². The molecular formula is C24H28N4O7S2.